The standard InChI is InChI=1S/C18H19N3O5S/c1-3-21-14-6-4-5-7-15(14)26-18(2,17(21)23)16(22)20-12-8-10-13(11-9-12)27(19,24)25/h4-11H,3H2,1-2H3,(H,20,22)(H2,19,24,25). The Hall–Kier alpha value is -2.91. The van der Waals surface area contributed by atoms with Crippen molar-refractivity contribution in [2.45, 2.75) is 24.3 Å². The minimum atomic E-state index is -3.83. The van der Waals surface area contributed by atoms with Crippen molar-refractivity contribution in [3.8, 4) is 5.75 Å². The van der Waals surface area contributed by atoms with Crippen LogP contribution in [0.1, 0.15) is 13.8 Å². The molecule has 2 aromatic carbocycles. The highest BCUT2D eigenvalue weighted by Gasteiger charge is 2.50. The van der Waals surface area contributed by atoms with Crippen molar-refractivity contribution < 1.29 is 22.7 Å². The van der Waals surface area contributed by atoms with Gasteiger partial charge in [-0.05, 0) is 50.2 Å². The number of primary sulfonamides is 1. The van der Waals surface area contributed by atoms with Crippen molar-refractivity contribution in [1.29, 1.82) is 0 Å². The fourth-order valence-corrected chi connectivity index (χ4v) is 3.35. The van der Waals surface area contributed by atoms with E-state index in [1.54, 1.807) is 24.3 Å². The van der Waals surface area contributed by atoms with Crippen LogP contribution < -0.4 is 20.1 Å². The monoisotopic (exact) mass is 389 g/mol. The third-order valence-electron chi connectivity index (χ3n) is 4.31. The molecule has 0 saturated carbocycles. The number of nitrogens with two attached hydrogens (primary N) is 1. The van der Waals surface area contributed by atoms with Gasteiger partial charge in [0.2, 0.25) is 10.0 Å². The first-order valence-electron chi connectivity index (χ1n) is 8.21. The number of anilines is 2. The van der Waals surface area contributed by atoms with Crippen LogP contribution in [0.2, 0.25) is 0 Å². The zero-order chi connectivity index (χ0) is 19.8. The molecular weight excluding hydrogens is 370 g/mol. The van der Waals surface area contributed by atoms with Gasteiger partial charge in [-0.3, -0.25) is 9.59 Å². The summed E-state index contributed by atoms with van der Waals surface area (Å²) in [7, 11) is -3.83. The predicted octanol–water partition coefficient (Wildman–Crippen LogP) is 1.48. The summed E-state index contributed by atoms with van der Waals surface area (Å²) in [5, 5.41) is 7.64. The number of carbonyl (C=O) groups excluding carboxylic acids is 2. The van der Waals surface area contributed by atoms with Gasteiger partial charge < -0.3 is 15.0 Å². The summed E-state index contributed by atoms with van der Waals surface area (Å²) < 4.78 is 28.4. The Labute approximate surface area is 157 Å². The van der Waals surface area contributed by atoms with Crippen LogP contribution in [0.25, 0.3) is 0 Å². The van der Waals surface area contributed by atoms with Crippen molar-refractivity contribution >= 4 is 33.2 Å². The molecule has 0 aliphatic carbocycles. The second-order valence-electron chi connectivity index (χ2n) is 6.18. The molecule has 2 aromatic rings. The molecule has 2 amide bonds. The third kappa shape index (κ3) is 3.38. The Morgan fingerprint density at radius 2 is 1.81 bits per heavy atom. The van der Waals surface area contributed by atoms with Crippen molar-refractivity contribution in [2.24, 2.45) is 5.14 Å². The number of para-hydroxylation sites is 2. The Bertz CT molecular complexity index is 1000. The van der Waals surface area contributed by atoms with E-state index in [1.807, 2.05) is 6.92 Å². The summed E-state index contributed by atoms with van der Waals surface area (Å²) in [6, 6.07) is 12.3. The van der Waals surface area contributed by atoms with E-state index >= 15 is 0 Å². The summed E-state index contributed by atoms with van der Waals surface area (Å²) in [5.41, 5.74) is -0.845. The first-order valence-corrected chi connectivity index (χ1v) is 9.76. The second kappa shape index (κ2) is 6.67. The summed E-state index contributed by atoms with van der Waals surface area (Å²) >= 11 is 0. The fraction of sp³-hybridized carbons (Fsp3) is 0.222. The number of hydrogen-bond donors (Lipinski definition) is 2. The van der Waals surface area contributed by atoms with Gasteiger partial charge in [-0.1, -0.05) is 12.1 Å². The summed E-state index contributed by atoms with van der Waals surface area (Å²) in [6.45, 7) is 3.59. The third-order valence-corrected chi connectivity index (χ3v) is 5.24. The van der Waals surface area contributed by atoms with E-state index in [0.29, 0.717) is 23.7 Å². The van der Waals surface area contributed by atoms with E-state index in [1.165, 1.54) is 36.1 Å². The van der Waals surface area contributed by atoms with Gasteiger partial charge in [0.05, 0.1) is 10.6 Å². The van der Waals surface area contributed by atoms with Crippen LogP contribution >= 0.6 is 0 Å². The maximum absolute atomic E-state index is 12.9. The number of fused-ring (bicyclic) bond motifs is 1. The number of ether oxygens (including phenoxy) is 1. The first-order chi connectivity index (χ1) is 12.7. The number of nitrogens with zero attached hydrogens (tertiary/aromatic N) is 1. The molecule has 0 bridgehead atoms. The number of carbonyl (C=O) groups is 2. The van der Waals surface area contributed by atoms with Crippen LogP contribution in [0.5, 0.6) is 5.75 Å². The number of amides is 2. The van der Waals surface area contributed by atoms with Gasteiger partial charge in [0.25, 0.3) is 17.4 Å². The first kappa shape index (κ1) is 18.9. The lowest BCUT2D eigenvalue weighted by molar-refractivity contribution is -0.145. The molecule has 142 valence electrons. The quantitative estimate of drug-likeness (QED) is 0.768. The second-order valence-corrected chi connectivity index (χ2v) is 7.74. The highest BCUT2D eigenvalue weighted by atomic mass is 32.2. The summed E-state index contributed by atoms with van der Waals surface area (Å²) in [6.07, 6.45) is 0. The van der Waals surface area contributed by atoms with Gasteiger partial charge >= 0.3 is 0 Å². The van der Waals surface area contributed by atoms with Gasteiger partial charge in [-0.15, -0.1) is 0 Å². The molecule has 1 unspecified atom stereocenters. The molecule has 3 N–H and O–H groups in total. The molecule has 27 heavy (non-hydrogen) atoms. The average molecular weight is 389 g/mol. The highest BCUT2D eigenvalue weighted by molar-refractivity contribution is 7.89. The molecular formula is C18H19N3O5S. The lowest BCUT2D eigenvalue weighted by atomic mass is 9.99. The lowest BCUT2D eigenvalue weighted by Crippen LogP contribution is -2.60. The molecule has 0 aromatic heterocycles. The number of hydrogen-bond acceptors (Lipinski definition) is 5. The molecule has 0 radical (unpaired) electrons. The molecule has 3 rings (SSSR count). The van der Waals surface area contributed by atoms with E-state index in [9.17, 15) is 18.0 Å². The van der Waals surface area contributed by atoms with E-state index < -0.39 is 27.4 Å². The molecule has 0 saturated heterocycles. The Kier molecular flexibility index (Phi) is 4.66. The van der Waals surface area contributed by atoms with Crippen LogP contribution in [0.4, 0.5) is 11.4 Å². The normalized spacial score (nSPS) is 19.2. The molecule has 1 heterocycles. The van der Waals surface area contributed by atoms with Crippen LogP contribution in [0.15, 0.2) is 53.4 Å². The van der Waals surface area contributed by atoms with Gasteiger partial charge in [-0.25, -0.2) is 13.6 Å². The molecule has 0 spiro atoms. The van der Waals surface area contributed by atoms with Crippen LogP contribution in [-0.4, -0.2) is 32.4 Å². The highest BCUT2D eigenvalue weighted by Crippen LogP contribution is 2.37. The van der Waals surface area contributed by atoms with Crippen molar-refractivity contribution in [3.05, 3.63) is 48.5 Å². The maximum Gasteiger partial charge on any atom is 0.280 e. The lowest BCUT2D eigenvalue weighted by Gasteiger charge is -2.39. The minimum Gasteiger partial charge on any atom is -0.465 e. The summed E-state index contributed by atoms with van der Waals surface area (Å²) in [4.78, 5) is 27.1. The number of sulfonamides is 1. The Balaban J connectivity index is 1.89. The van der Waals surface area contributed by atoms with E-state index in [0.717, 1.165) is 0 Å². The van der Waals surface area contributed by atoms with Crippen molar-refractivity contribution in [3.63, 3.8) is 0 Å². The Morgan fingerprint density at radius 3 is 2.41 bits per heavy atom. The molecule has 1 atom stereocenters. The predicted molar refractivity (Wildman–Crippen MR) is 99.9 cm³/mol. The van der Waals surface area contributed by atoms with Crippen LogP contribution in [-0.2, 0) is 19.6 Å². The molecule has 1 aliphatic rings. The van der Waals surface area contributed by atoms with Gasteiger partial charge in [0, 0.05) is 12.2 Å². The molecule has 0 fully saturated rings. The fourth-order valence-electron chi connectivity index (χ4n) is 2.83. The number of benzene rings is 2. The SMILES string of the molecule is CCN1C(=O)C(C)(C(=O)Nc2ccc(S(N)(=O)=O)cc2)Oc2ccccc21. The van der Waals surface area contributed by atoms with Gasteiger partial charge in [0.1, 0.15) is 5.75 Å². The van der Waals surface area contributed by atoms with E-state index in [4.69, 9.17) is 9.88 Å². The Morgan fingerprint density at radius 1 is 1.19 bits per heavy atom. The van der Waals surface area contributed by atoms with E-state index in [2.05, 4.69) is 5.32 Å². The van der Waals surface area contributed by atoms with Crippen LogP contribution in [0, 0.1) is 0 Å². The zero-order valence-corrected chi connectivity index (χ0v) is 15.6. The zero-order valence-electron chi connectivity index (χ0n) is 14.8. The summed E-state index contributed by atoms with van der Waals surface area (Å²) in [5.74, 6) is -0.715. The van der Waals surface area contributed by atoms with Crippen molar-refractivity contribution in [2.75, 3.05) is 16.8 Å². The number of nitrogens with one attached hydrogen (secondary N) is 1. The van der Waals surface area contributed by atoms with Crippen molar-refractivity contribution in [1.82, 2.24) is 0 Å². The molecule has 8 nitrogen and oxygen atoms in total. The largest absolute Gasteiger partial charge is 0.465 e. The van der Waals surface area contributed by atoms with Crippen LogP contribution in [0.3, 0.4) is 0 Å². The molecule has 9 heteroatoms. The smallest absolute Gasteiger partial charge is 0.280 e. The van der Waals surface area contributed by atoms with Gasteiger partial charge in [0.15, 0.2) is 0 Å². The maximum atomic E-state index is 12.9. The van der Waals surface area contributed by atoms with E-state index in [-0.39, 0.29) is 4.90 Å². The van der Waals surface area contributed by atoms with Gasteiger partial charge in [-0.2, -0.15) is 0 Å². The minimum absolute atomic E-state index is 0.0808. The topological polar surface area (TPSA) is 119 Å². The number of rotatable bonds is 4. The molecule has 1 aliphatic heterocycles. The average Bonchev–Trinajstić information content (AvgIpc) is 2.62. The number of likely N-dealkylation sites (N-methyl/N-ethyl adjacent to an activating group) is 1.